The first-order valence-corrected chi connectivity index (χ1v) is 9.81. The molecule has 2 heterocycles. The number of nitrogens with zero attached hydrogens (tertiary/aromatic N) is 2. The van der Waals surface area contributed by atoms with Gasteiger partial charge in [0.25, 0.3) is 5.91 Å². The molecule has 1 aliphatic rings. The van der Waals surface area contributed by atoms with Gasteiger partial charge in [0.15, 0.2) is 5.76 Å². The average Bonchev–Trinajstić information content (AvgIpc) is 3.15. The van der Waals surface area contributed by atoms with Crippen LogP contribution >= 0.6 is 0 Å². The lowest BCUT2D eigenvalue weighted by Crippen LogP contribution is -2.40. The third-order valence-corrected chi connectivity index (χ3v) is 5.47. The van der Waals surface area contributed by atoms with Crippen molar-refractivity contribution in [1.82, 2.24) is 10.1 Å². The van der Waals surface area contributed by atoms with Crippen molar-refractivity contribution in [1.29, 1.82) is 0 Å². The second kappa shape index (κ2) is 8.08. The molecule has 0 radical (unpaired) electrons. The minimum Gasteiger partial charge on any atom is -0.355 e. The summed E-state index contributed by atoms with van der Waals surface area (Å²) in [6, 6.07) is 10.7. The predicted octanol–water partition coefficient (Wildman–Crippen LogP) is 5.83. The lowest BCUT2D eigenvalue weighted by Gasteiger charge is -2.33. The largest absolute Gasteiger partial charge is 0.389 e. The maximum absolute atomic E-state index is 13.2. The number of hydrogen-bond acceptors (Lipinski definition) is 3. The highest BCUT2D eigenvalue weighted by Crippen LogP contribution is 2.31. The number of benzene rings is 2. The Morgan fingerprint density at radius 1 is 1.17 bits per heavy atom. The summed E-state index contributed by atoms with van der Waals surface area (Å²) in [7, 11) is 0. The average molecular weight is 420 g/mol. The van der Waals surface area contributed by atoms with Gasteiger partial charge in [-0.25, -0.2) is 4.39 Å². The van der Waals surface area contributed by atoms with Crippen molar-refractivity contribution in [3.8, 4) is 11.3 Å². The zero-order chi connectivity index (χ0) is 21.3. The van der Waals surface area contributed by atoms with Crippen molar-refractivity contribution in [2.24, 2.45) is 5.92 Å². The third kappa shape index (κ3) is 4.47. The maximum atomic E-state index is 13.2. The number of carbonyl (C=O) groups is 1. The Kier molecular flexibility index (Phi) is 5.49. The molecule has 4 rings (SSSR count). The highest BCUT2D eigenvalue weighted by atomic mass is 19.4. The van der Waals surface area contributed by atoms with E-state index in [1.807, 2.05) is 0 Å². The van der Waals surface area contributed by atoms with Crippen LogP contribution in [0.1, 0.15) is 36.0 Å². The molecule has 30 heavy (non-hydrogen) atoms. The quantitative estimate of drug-likeness (QED) is 0.499. The fourth-order valence-electron chi connectivity index (χ4n) is 3.92. The minimum absolute atomic E-state index is 0.0344. The molecule has 0 aliphatic carbocycles. The zero-order valence-electron chi connectivity index (χ0n) is 16.1. The fraction of sp³-hybridized carbons (Fsp3) is 0.364. The fourth-order valence-corrected chi connectivity index (χ4v) is 3.92. The normalized spacial score (nSPS) is 17.5. The topological polar surface area (TPSA) is 46.3 Å². The molecule has 0 N–H and O–H groups in total. The predicted molar refractivity (Wildman–Crippen MR) is 103 cm³/mol. The molecule has 8 heteroatoms. The van der Waals surface area contributed by atoms with E-state index in [9.17, 15) is 22.4 Å². The summed E-state index contributed by atoms with van der Waals surface area (Å²) in [5.41, 5.74) is 1.62. The molecule has 1 saturated heterocycles. The molecule has 1 unspecified atom stereocenters. The summed E-state index contributed by atoms with van der Waals surface area (Å²) in [6.45, 7) is 0.843. The Morgan fingerprint density at radius 2 is 1.93 bits per heavy atom. The summed E-state index contributed by atoms with van der Waals surface area (Å²) in [5.74, 6) is -0.316. The van der Waals surface area contributed by atoms with Crippen LogP contribution in [0.2, 0.25) is 0 Å². The number of aromatic nitrogens is 1. The maximum Gasteiger partial charge on any atom is 0.389 e. The Hall–Kier alpha value is -2.90. The lowest BCUT2D eigenvalue weighted by molar-refractivity contribution is -0.138. The summed E-state index contributed by atoms with van der Waals surface area (Å²) >= 11 is 0. The Labute approximate surface area is 170 Å². The van der Waals surface area contributed by atoms with E-state index in [0.29, 0.717) is 53.7 Å². The first-order chi connectivity index (χ1) is 14.3. The molecule has 2 aromatic carbocycles. The van der Waals surface area contributed by atoms with E-state index >= 15 is 0 Å². The van der Waals surface area contributed by atoms with Crippen molar-refractivity contribution in [2.75, 3.05) is 13.1 Å². The van der Waals surface area contributed by atoms with Crippen LogP contribution in [0, 0.1) is 11.7 Å². The monoisotopic (exact) mass is 420 g/mol. The van der Waals surface area contributed by atoms with E-state index in [4.69, 9.17) is 4.52 Å². The molecule has 1 atom stereocenters. The van der Waals surface area contributed by atoms with E-state index in [1.54, 1.807) is 35.2 Å². The summed E-state index contributed by atoms with van der Waals surface area (Å²) in [6.07, 6.45) is -3.59. The second-order valence-electron chi connectivity index (χ2n) is 7.66. The van der Waals surface area contributed by atoms with Crippen LogP contribution in [-0.2, 0) is 0 Å². The number of amides is 1. The molecular formula is C22H20F4N2O2. The number of fused-ring (bicyclic) bond motifs is 1. The van der Waals surface area contributed by atoms with E-state index < -0.39 is 12.6 Å². The van der Waals surface area contributed by atoms with Crippen molar-refractivity contribution in [2.45, 2.75) is 31.9 Å². The van der Waals surface area contributed by atoms with Crippen molar-refractivity contribution in [3.05, 3.63) is 53.8 Å². The SMILES string of the molecule is O=C(c1ccc2noc(-c3ccc(F)cc3)c2c1)N1CCCC(CCC(F)(F)F)C1. The molecular weight excluding hydrogens is 400 g/mol. The number of hydrogen-bond donors (Lipinski definition) is 0. The minimum atomic E-state index is -4.18. The molecule has 1 aliphatic heterocycles. The molecule has 4 nitrogen and oxygen atoms in total. The highest BCUT2D eigenvalue weighted by molar-refractivity contribution is 6.01. The van der Waals surface area contributed by atoms with Gasteiger partial charge in [-0.3, -0.25) is 4.79 Å². The summed E-state index contributed by atoms with van der Waals surface area (Å²) in [4.78, 5) is 14.6. The van der Waals surface area contributed by atoms with Crippen molar-refractivity contribution >= 4 is 16.8 Å². The van der Waals surface area contributed by atoms with Gasteiger partial charge in [-0.05, 0) is 67.6 Å². The van der Waals surface area contributed by atoms with Crippen molar-refractivity contribution < 1.29 is 26.9 Å². The Balaban J connectivity index is 1.54. The molecule has 0 spiro atoms. The third-order valence-electron chi connectivity index (χ3n) is 5.47. The number of alkyl halides is 3. The summed E-state index contributed by atoms with van der Waals surface area (Å²) in [5, 5.41) is 4.61. The van der Waals surface area contributed by atoms with E-state index in [0.717, 1.165) is 0 Å². The van der Waals surface area contributed by atoms with Crippen LogP contribution < -0.4 is 0 Å². The van der Waals surface area contributed by atoms with E-state index in [2.05, 4.69) is 5.16 Å². The zero-order valence-corrected chi connectivity index (χ0v) is 16.1. The van der Waals surface area contributed by atoms with E-state index in [1.165, 1.54) is 12.1 Å². The molecule has 1 amide bonds. The molecule has 158 valence electrons. The number of piperidine rings is 1. The first-order valence-electron chi connectivity index (χ1n) is 9.81. The van der Waals surface area contributed by atoms with Gasteiger partial charge in [-0.15, -0.1) is 0 Å². The highest BCUT2D eigenvalue weighted by Gasteiger charge is 2.31. The van der Waals surface area contributed by atoms with Crippen LogP contribution in [0.25, 0.3) is 22.2 Å². The molecule has 1 fully saturated rings. The van der Waals surface area contributed by atoms with Gasteiger partial charge in [-0.1, -0.05) is 5.16 Å². The van der Waals surface area contributed by atoms with Gasteiger partial charge < -0.3 is 9.42 Å². The number of rotatable bonds is 4. The Bertz CT molecular complexity index is 1040. The number of likely N-dealkylation sites (tertiary alicyclic amines) is 1. The lowest BCUT2D eigenvalue weighted by atomic mass is 9.92. The summed E-state index contributed by atoms with van der Waals surface area (Å²) < 4.78 is 56.2. The van der Waals surface area contributed by atoms with Crippen LogP contribution in [0.3, 0.4) is 0 Å². The molecule has 0 saturated carbocycles. The van der Waals surface area contributed by atoms with Gasteiger partial charge >= 0.3 is 6.18 Å². The second-order valence-corrected chi connectivity index (χ2v) is 7.66. The first kappa shape index (κ1) is 20.4. The standard InChI is InChI=1S/C22H20F4N2O2/c23-17-6-3-15(4-7-17)20-18-12-16(5-8-19(18)27-30-20)21(29)28-11-1-2-14(13-28)9-10-22(24,25)26/h3-8,12,14H,1-2,9-11,13H2. The van der Waals surface area contributed by atoms with Gasteiger partial charge in [0.2, 0.25) is 0 Å². The van der Waals surface area contributed by atoms with Crippen molar-refractivity contribution in [3.63, 3.8) is 0 Å². The van der Waals surface area contributed by atoms with Gasteiger partial charge in [0.1, 0.15) is 11.3 Å². The van der Waals surface area contributed by atoms with E-state index in [-0.39, 0.29) is 24.1 Å². The van der Waals surface area contributed by atoms with Gasteiger partial charge in [0.05, 0.1) is 5.39 Å². The molecule has 3 aromatic rings. The number of carbonyl (C=O) groups excluding carboxylic acids is 1. The Morgan fingerprint density at radius 3 is 2.67 bits per heavy atom. The van der Waals surface area contributed by atoms with Gasteiger partial charge in [0, 0.05) is 30.6 Å². The number of halogens is 4. The molecule has 0 bridgehead atoms. The van der Waals surface area contributed by atoms with Crippen LogP contribution in [0.5, 0.6) is 0 Å². The van der Waals surface area contributed by atoms with Crippen LogP contribution in [0.15, 0.2) is 47.0 Å². The molecule has 1 aromatic heterocycles. The van der Waals surface area contributed by atoms with Gasteiger partial charge in [-0.2, -0.15) is 13.2 Å². The smallest absolute Gasteiger partial charge is 0.355 e. The van der Waals surface area contributed by atoms with Crippen LogP contribution in [-0.4, -0.2) is 35.2 Å². The van der Waals surface area contributed by atoms with Crippen LogP contribution in [0.4, 0.5) is 17.6 Å².